The lowest BCUT2D eigenvalue weighted by molar-refractivity contribution is -0.140. The Bertz CT molecular complexity index is 1050. The Morgan fingerprint density at radius 1 is 1.05 bits per heavy atom. The van der Waals surface area contributed by atoms with Crippen LogP contribution >= 0.6 is 0 Å². The molecular formula is C31H40N2O4. The van der Waals surface area contributed by atoms with Crippen molar-refractivity contribution >= 4 is 29.4 Å². The molecule has 1 fully saturated rings. The second-order valence-electron chi connectivity index (χ2n) is 9.97. The molecule has 2 aromatic carbocycles. The molecular weight excluding hydrogens is 464 g/mol. The van der Waals surface area contributed by atoms with Crippen molar-refractivity contribution in [3.63, 3.8) is 0 Å². The first-order chi connectivity index (χ1) is 17.9. The number of esters is 2. The number of benzene rings is 2. The monoisotopic (exact) mass is 504 g/mol. The molecule has 0 saturated heterocycles. The first-order valence-corrected chi connectivity index (χ1v) is 13.3. The highest BCUT2D eigenvalue weighted by Gasteiger charge is 2.27. The number of carbonyl (C=O) groups excluding carboxylic acids is 2. The van der Waals surface area contributed by atoms with Gasteiger partial charge in [0, 0.05) is 23.4 Å². The SMILES string of the molecule is C=CCC1CCC(C(=O)Oc2ccc(C=CC(=O)OCC(CCCC)c3cc(N)cc(N)c3)cc2)CC1. The summed E-state index contributed by atoms with van der Waals surface area (Å²) < 4.78 is 11.1. The third-order valence-corrected chi connectivity index (χ3v) is 6.99. The predicted octanol–water partition coefficient (Wildman–Crippen LogP) is 6.67. The quantitative estimate of drug-likeness (QED) is 0.110. The van der Waals surface area contributed by atoms with Crippen LogP contribution in [0.1, 0.15) is 75.3 Å². The molecule has 0 radical (unpaired) electrons. The fourth-order valence-corrected chi connectivity index (χ4v) is 4.85. The number of nitrogens with two attached hydrogens (primary N) is 2. The van der Waals surface area contributed by atoms with Crippen molar-refractivity contribution in [1.82, 2.24) is 0 Å². The van der Waals surface area contributed by atoms with Crippen LogP contribution in [0.25, 0.3) is 6.08 Å². The zero-order valence-electron chi connectivity index (χ0n) is 21.9. The molecule has 0 heterocycles. The molecule has 1 saturated carbocycles. The van der Waals surface area contributed by atoms with Crippen LogP contribution < -0.4 is 16.2 Å². The van der Waals surface area contributed by atoms with Crippen LogP contribution in [0.2, 0.25) is 0 Å². The summed E-state index contributed by atoms with van der Waals surface area (Å²) in [5.74, 6) is 0.564. The average Bonchev–Trinajstić information content (AvgIpc) is 2.88. The maximum Gasteiger partial charge on any atom is 0.330 e. The van der Waals surface area contributed by atoms with Crippen molar-refractivity contribution in [2.75, 3.05) is 18.1 Å². The molecule has 0 spiro atoms. The van der Waals surface area contributed by atoms with Gasteiger partial charge >= 0.3 is 11.9 Å². The number of nitrogen functional groups attached to an aromatic ring is 2. The van der Waals surface area contributed by atoms with Gasteiger partial charge in [0.15, 0.2) is 0 Å². The van der Waals surface area contributed by atoms with Gasteiger partial charge in [-0.25, -0.2) is 4.79 Å². The Balaban J connectivity index is 1.49. The lowest BCUT2D eigenvalue weighted by atomic mass is 9.80. The summed E-state index contributed by atoms with van der Waals surface area (Å²) in [5.41, 5.74) is 14.9. The van der Waals surface area contributed by atoms with Gasteiger partial charge in [0.25, 0.3) is 0 Å². The second-order valence-corrected chi connectivity index (χ2v) is 9.97. The van der Waals surface area contributed by atoms with E-state index in [1.807, 2.05) is 30.3 Å². The number of hydrogen-bond acceptors (Lipinski definition) is 6. The molecule has 0 amide bonds. The highest BCUT2D eigenvalue weighted by atomic mass is 16.5. The molecule has 0 aliphatic heterocycles. The molecule has 2 aromatic rings. The van der Waals surface area contributed by atoms with E-state index >= 15 is 0 Å². The van der Waals surface area contributed by atoms with Crippen molar-refractivity contribution in [2.45, 2.75) is 64.2 Å². The molecule has 1 unspecified atom stereocenters. The summed E-state index contributed by atoms with van der Waals surface area (Å²) in [7, 11) is 0. The second kappa shape index (κ2) is 14.3. The molecule has 1 aliphatic rings. The minimum absolute atomic E-state index is 0.0362. The minimum atomic E-state index is -0.416. The van der Waals surface area contributed by atoms with Gasteiger partial charge in [-0.15, -0.1) is 6.58 Å². The van der Waals surface area contributed by atoms with E-state index < -0.39 is 5.97 Å². The van der Waals surface area contributed by atoms with Crippen molar-refractivity contribution in [3.05, 3.63) is 72.3 Å². The van der Waals surface area contributed by atoms with Gasteiger partial charge in [-0.05, 0) is 92.0 Å². The van der Waals surface area contributed by atoms with Gasteiger partial charge < -0.3 is 20.9 Å². The summed E-state index contributed by atoms with van der Waals surface area (Å²) >= 11 is 0. The smallest absolute Gasteiger partial charge is 0.330 e. The zero-order valence-corrected chi connectivity index (χ0v) is 21.9. The zero-order chi connectivity index (χ0) is 26.6. The van der Waals surface area contributed by atoms with E-state index in [9.17, 15) is 9.59 Å². The van der Waals surface area contributed by atoms with E-state index in [4.69, 9.17) is 20.9 Å². The highest BCUT2D eigenvalue weighted by molar-refractivity contribution is 5.87. The Labute approximate surface area is 220 Å². The molecule has 37 heavy (non-hydrogen) atoms. The third-order valence-electron chi connectivity index (χ3n) is 6.99. The Morgan fingerprint density at radius 2 is 1.73 bits per heavy atom. The summed E-state index contributed by atoms with van der Waals surface area (Å²) in [6.07, 6.45) is 12.8. The van der Waals surface area contributed by atoms with E-state index in [-0.39, 0.29) is 24.4 Å². The molecule has 1 aliphatic carbocycles. The van der Waals surface area contributed by atoms with Crippen LogP contribution in [0.3, 0.4) is 0 Å². The van der Waals surface area contributed by atoms with E-state index in [1.54, 1.807) is 24.3 Å². The third kappa shape index (κ3) is 9.12. The van der Waals surface area contributed by atoms with Gasteiger partial charge in [-0.3, -0.25) is 4.79 Å². The molecule has 6 heteroatoms. The Hall–Kier alpha value is -3.54. The van der Waals surface area contributed by atoms with Gasteiger partial charge in [0.2, 0.25) is 0 Å². The molecule has 1 atom stereocenters. The van der Waals surface area contributed by atoms with Crippen LogP contribution in [-0.2, 0) is 14.3 Å². The lowest BCUT2D eigenvalue weighted by Crippen LogP contribution is -2.25. The van der Waals surface area contributed by atoms with Crippen molar-refractivity contribution in [1.29, 1.82) is 0 Å². The van der Waals surface area contributed by atoms with Gasteiger partial charge in [-0.1, -0.05) is 38.0 Å². The summed E-state index contributed by atoms with van der Waals surface area (Å²) in [5, 5.41) is 0. The first kappa shape index (κ1) is 28.0. The topological polar surface area (TPSA) is 105 Å². The standard InChI is InChI=1S/C31H40N2O4/c1-3-5-7-25(26-18-27(32)20-28(33)19-26)21-36-30(34)17-12-23-10-15-29(16-11-23)37-31(35)24-13-8-22(6-4-2)9-14-24/h4,10-12,15-20,22,24-25H,2-3,5-9,13-14,21,32-33H2,1H3. The fourth-order valence-electron chi connectivity index (χ4n) is 4.85. The van der Waals surface area contributed by atoms with Crippen molar-refractivity contribution < 1.29 is 19.1 Å². The predicted molar refractivity (Wildman–Crippen MR) is 150 cm³/mol. The van der Waals surface area contributed by atoms with Crippen LogP contribution in [0, 0.1) is 11.8 Å². The fraction of sp³-hybridized carbons (Fsp3) is 0.419. The summed E-state index contributed by atoms with van der Waals surface area (Å²) in [6.45, 7) is 6.19. The lowest BCUT2D eigenvalue weighted by Gasteiger charge is -2.26. The van der Waals surface area contributed by atoms with E-state index in [1.165, 1.54) is 6.08 Å². The highest BCUT2D eigenvalue weighted by Crippen LogP contribution is 2.32. The maximum absolute atomic E-state index is 12.5. The Morgan fingerprint density at radius 3 is 2.35 bits per heavy atom. The number of rotatable bonds is 12. The molecule has 0 aromatic heterocycles. The summed E-state index contributed by atoms with van der Waals surface area (Å²) in [4.78, 5) is 24.9. The van der Waals surface area contributed by atoms with E-state index in [2.05, 4.69) is 13.5 Å². The number of carbonyl (C=O) groups is 2. The van der Waals surface area contributed by atoms with Gasteiger partial charge in [0.1, 0.15) is 5.75 Å². The van der Waals surface area contributed by atoms with Crippen LogP contribution in [0.15, 0.2) is 61.2 Å². The molecule has 198 valence electrons. The molecule has 0 bridgehead atoms. The number of allylic oxidation sites excluding steroid dienone is 1. The van der Waals surface area contributed by atoms with E-state index in [0.717, 1.165) is 62.5 Å². The maximum atomic E-state index is 12.5. The van der Waals surface area contributed by atoms with Gasteiger partial charge in [0.05, 0.1) is 12.5 Å². The van der Waals surface area contributed by atoms with E-state index in [0.29, 0.717) is 23.0 Å². The minimum Gasteiger partial charge on any atom is -0.462 e. The number of hydrogen-bond donors (Lipinski definition) is 2. The average molecular weight is 505 g/mol. The molecule has 4 N–H and O–H groups in total. The Kier molecular flexibility index (Phi) is 10.8. The molecule has 3 rings (SSSR count). The number of anilines is 2. The summed E-state index contributed by atoms with van der Waals surface area (Å²) in [6, 6.07) is 12.6. The van der Waals surface area contributed by atoms with Crippen molar-refractivity contribution in [2.24, 2.45) is 11.8 Å². The largest absolute Gasteiger partial charge is 0.462 e. The first-order valence-electron chi connectivity index (χ1n) is 13.3. The number of ether oxygens (including phenoxy) is 2. The van der Waals surface area contributed by atoms with Crippen LogP contribution in [-0.4, -0.2) is 18.5 Å². The normalized spacial score (nSPS) is 18.3. The number of unbranched alkanes of at least 4 members (excludes halogenated alkanes) is 1. The van der Waals surface area contributed by atoms with Gasteiger partial charge in [-0.2, -0.15) is 0 Å². The van der Waals surface area contributed by atoms with Crippen molar-refractivity contribution in [3.8, 4) is 5.75 Å². The molecule has 6 nitrogen and oxygen atoms in total. The van der Waals surface area contributed by atoms with Crippen LogP contribution in [0.5, 0.6) is 5.75 Å². The van der Waals surface area contributed by atoms with Crippen LogP contribution in [0.4, 0.5) is 11.4 Å².